The second kappa shape index (κ2) is 7.85. The van der Waals surface area contributed by atoms with Gasteiger partial charge >= 0.3 is 5.97 Å². The van der Waals surface area contributed by atoms with Crippen LogP contribution in [0.4, 0.5) is 5.69 Å². The number of anilines is 1. The number of allylic oxidation sites excluding steroid dienone is 4. The number of carbonyl (C=O) groups is 1. The first kappa shape index (κ1) is 17.0. The fourth-order valence-corrected chi connectivity index (χ4v) is 3.41. The van der Waals surface area contributed by atoms with E-state index in [1.165, 1.54) is 18.5 Å². The largest absolute Gasteiger partial charge is 0.477 e. The molecule has 0 spiro atoms. The van der Waals surface area contributed by atoms with Gasteiger partial charge in [-0.2, -0.15) is 5.26 Å². The molecular weight excluding hydrogens is 312 g/mol. The molecule has 1 N–H and O–H groups in total. The summed E-state index contributed by atoms with van der Waals surface area (Å²) in [5.74, 6) is -1.14. The Hall–Kier alpha value is -2.80. The smallest absolute Gasteiger partial charge is 0.346 e. The molecule has 0 aromatic heterocycles. The lowest BCUT2D eigenvalue weighted by Crippen LogP contribution is -2.17. The molecule has 1 heterocycles. The number of carboxylic acids is 1. The van der Waals surface area contributed by atoms with Gasteiger partial charge in [-0.1, -0.05) is 30.4 Å². The van der Waals surface area contributed by atoms with Crippen molar-refractivity contribution in [3.63, 3.8) is 0 Å². The van der Waals surface area contributed by atoms with Gasteiger partial charge in [-0.05, 0) is 60.9 Å². The Morgan fingerprint density at radius 3 is 2.44 bits per heavy atom. The maximum Gasteiger partial charge on any atom is 0.346 e. The first-order chi connectivity index (χ1) is 12.2. The van der Waals surface area contributed by atoms with E-state index in [-0.39, 0.29) is 5.57 Å². The Balaban J connectivity index is 1.74. The van der Waals surface area contributed by atoms with Gasteiger partial charge in [-0.15, -0.1) is 0 Å². The third kappa shape index (κ3) is 4.19. The second-order valence-corrected chi connectivity index (χ2v) is 6.51. The highest BCUT2D eigenvalue weighted by molar-refractivity contribution is 5.92. The van der Waals surface area contributed by atoms with Crippen molar-refractivity contribution in [1.82, 2.24) is 0 Å². The molecule has 25 heavy (non-hydrogen) atoms. The van der Waals surface area contributed by atoms with Crippen molar-refractivity contribution in [2.24, 2.45) is 0 Å². The van der Waals surface area contributed by atoms with E-state index >= 15 is 0 Å². The molecule has 128 valence electrons. The summed E-state index contributed by atoms with van der Waals surface area (Å²) in [4.78, 5) is 13.5. The molecule has 4 heteroatoms. The number of nitriles is 1. The first-order valence-electron chi connectivity index (χ1n) is 8.77. The third-order valence-electron chi connectivity index (χ3n) is 4.77. The third-order valence-corrected chi connectivity index (χ3v) is 4.77. The molecule has 0 unspecified atom stereocenters. The molecule has 2 aliphatic rings. The van der Waals surface area contributed by atoms with Crippen molar-refractivity contribution in [1.29, 1.82) is 5.26 Å². The van der Waals surface area contributed by atoms with E-state index in [9.17, 15) is 4.79 Å². The minimum atomic E-state index is -1.14. The average Bonchev–Trinajstić information content (AvgIpc) is 3.16. The van der Waals surface area contributed by atoms with Crippen LogP contribution < -0.4 is 4.90 Å². The summed E-state index contributed by atoms with van der Waals surface area (Å²) >= 11 is 0. The van der Waals surface area contributed by atoms with E-state index in [0.717, 1.165) is 37.1 Å². The van der Waals surface area contributed by atoms with Gasteiger partial charge in [0.15, 0.2) is 0 Å². The van der Waals surface area contributed by atoms with E-state index in [1.807, 2.05) is 12.2 Å². The summed E-state index contributed by atoms with van der Waals surface area (Å²) in [6, 6.07) is 10.3. The molecular formula is C21H22N2O2. The molecule has 1 saturated heterocycles. The fourth-order valence-electron chi connectivity index (χ4n) is 3.41. The van der Waals surface area contributed by atoms with Crippen LogP contribution in [0.25, 0.3) is 6.08 Å². The van der Waals surface area contributed by atoms with Crippen LogP contribution in [-0.2, 0) is 4.79 Å². The van der Waals surface area contributed by atoms with E-state index in [4.69, 9.17) is 10.4 Å². The highest BCUT2D eigenvalue weighted by atomic mass is 16.4. The molecule has 0 bridgehead atoms. The van der Waals surface area contributed by atoms with Crippen molar-refractivity contribution in [2.45, 2.75) is 32.1 Å². The van der Waals surface area contributed by atoms with Gasteiger partial charge in [-0.25, -0.2) is 4.79 Å². The number of carboxylic acid groups (broad SMARTS) is 1. The normalized spacial score (nSPS) is 19.6. The van der Waals surface area contributed by atoms with Gasteiger partial charge in [0.05, 0.1) is 0 Å². The Bertz CT molecular complexity index is 773. The zero-order chi connectivity index (χ0) is 17.6. The molecule has 1 aromatic carbocycles. The fraction of sp³-hybridized carbons (Fsp3) is 0.333. The van der Waals surface area contributed by atoms with Crippen LogP contribution in [0.3, 0.4) is 0 Å². The number of hydrogen-bond donors (Lipinski definition) is 1. The second-order valence-electron chi connectivity index (χ2n) is 6.51. The minimum Gasteiger partial charge on any atom is -0.477 e. The van der Waals surface area contributed by atoms with Crippen LogP contribution in [0.15, 0.2) is 53.1 Å². The first-order valence-corrected chi connectivity index (χ1v) is 8.77. The van der Waals surface area contributed by atoms with Crippen molar-refractivity contribution in [3.05, 3.63) is 58.7 Å². The standard InChI is InChI=1S/C21H22N2O2/c22-15-20(21(24)25)18-5-3-4-17(14-18)7-6-16-8-10-19(11-9-16)23-12-1-2-13-23/h6-11,14H,1-5,12-13H2,(H,24,25)/b7-6+,20-18+. The molecule has 4 nitrogen and oxygen atoms in total. The summed E-state index contributed by atoms with van der Waals surface area (Å²) in [5.41, 5.74) is 3.96. The Kier molecular flexibility index (Phi) is 5.35. The van der Waals surface area contributed by atoms with Crippen molar-refractivity contribution in [3.8, 4) is 6.07 Å². The van der Waals surface area contributed by atoms with Crippen LogP contribution in [0.1, 0.15) is 37.7 Å². The summed E-state index contributed by atoms with van der Waals surface area (Å²) < 4.78 is 0. The molecule has 1 fully saturated rings. The van der Waals surface area contributed by atoms with Gasteiger partial charge in [0.1, 0.15) is 11.6 Å². The molecule has 3 rings (SSSR count). The van der Waals surface area contributed by atoms with Crippen LogP contribution in [0.5, 0.6) is 0 Å². The maximum absolute atomic E-state index is 11.1. The summed E-state index contributed by atoms with van der Waals surface area (Å²) in [6.45, 7) is 2.28. The zero-order valence-electron chi connectivity index (χ0n) is 14.2. The van der Waals surface area contributed by atoms with Crippen LogP contribution >= 0.6 is 0 Å². The van der Waals surface area contributed by atoms with E-state index in [0.29, 0.717) is 12.0 Å². The molecule has 0 saturated carbocycles. The highest BCUT2D eigenvalue weighted by Gasteiger charge is 2.15. The monoisotopic (exact) mass is 334 g/mol. The Labute approximate surface area is 148 Å². The van der Waals surface area contributed by atoms with Crippen molar-refractivity contribution >= 4 is 17.7 Å². The predicted octanol–water partition coefficient (Wildman–Crippen LogP) is 4.32. The van der Waals surface area contributed by atoms with Gasteiger partial charge in [0.2, 0.25) is 0 Å². The van der Waals surface area contributed by atoms with E-state index in [2.05, 4.69) is 35.2 Å². The number of benzene rings is 1. The minimum absolute atomic E-state index is 0.138. The van der Waals surface area contributed by atoms with Gasteiger partial charge in [0, 0.05) is 18.8 Å². The van der Waals surface area contributed by atoms with Crippen molar-refractivity contribution < 1.29 is 9.90 Å². The molecule has 0 amide bonds. The molecule has 1 aromatic rings. The molecule has 0 atom stereocenters. The predicted molar refractivity (Wildman–Crippen MR) is 99.1 cm³/mol. The van der Waals surface area contributed by atoms with Crippen LogP contribution in [-0.4, -0.2) is 24.2 Å². The number of nitrogens with zero attached hydrogens (tertiary/aromatic N) is 2. The lowest BCUT2D eigenvalue weighted by atomic mass is 9.91. The maximum atomic E-state index is 11.1. The number of hydrogen-bond acceptors (Lipinski definition) is 3. The summed E-state index contributed by atoms with van der Waals surface area (Å²) in [5, 5.41) is 18.1. The molecule has 1 aliphatic heterocycles. The van der Waals surface area contributed by atoms with Gasteiger partial charge in [-0.3, -0.25) is 0 Å². The lowest BCUT2D eigenvalue weighted by molar-refractivity contribution is -0.132. The molecule has 1 aliphatic carbocycles. The topological polar surface area (TPSA) is 64.3 Å². The summed E-state index contributed by atoms with van der Waals surface area (Å²) in [7, 11) is 0. The lowest BCUT2D eigenvalue weighted by Gasteiger charge is -2.17. The quantitative estimate of drug-likeness (QED) is 0.658. The SMILES string of the molecule is N#C/C(C(=O)O)=C1C=C(/C=C/c2ccc(N3CCCC3)cc2)CCC\1. The summed E-state index contributed by atoms with van der Waals surface area (Å²) in [6.07, 6.45) is 10.9. The Morgan fingerprint density at radius 2 is 1.80 bits per heavy atom. The highest BCUT2D eigenvalue weighted by Crippen LogP contribution is 2.26. The van der Waals surface area contributed by atoms with Crippen LogP contribution in [0.2, 0.25) is 0 Å². The van der Waals surface area contributed by atoms with Crippen molar-refractivity contribution in [2.75, 3.05) is 18.0 Å². The van der Waals surface area contributed by atoms with Crippen LogP contribution in [0, 0.1) is 11.3 Å². The Morgan fingerprint density at radius 1 is 1.08 bits per heavy atom. The zero-order valence-corrected chi connectivity index (χ0v) is 14.2. The van der Waals surface area contributed by atoms with E-state index in [1.54, 1.807) is 6.07 Å². The number of rotatable bonds is 4. The number of aliphatic carboxylic acids is 1. The molecule has 0 radical (unpaired) electrons. The van der Waals surface area contributed by atoms with E-state index < -0.39 is 5.97 Å². The van der Waals surface area contributed by atoms with Gasteiger partial charge in [0.25, 0.3) is 0 Å². The average molecular weight is 334 g/mol. The van der Waals surface area contributed by atoms with Gasteiger partial charge < -0.3 is 10.0 Å².